The fourth-order valence-electron chi connectivity index (χ4n) is 1.48. The number of hydrogen-bond acceptors (Lipinski definition) is 6. The van der Waals surface area contributed by atoms with Gasteiger partial charge in [0.15, 0.2) is 0 Å². The molecule has 0 saturated heterocycles. The second-order valence-electron chi connectivity index (χ2n) is 4.10. The summed E-state index contributed by atoms with van der Waals surface area (Å²) in [6.07, 6.45) is 0.393. The van der Waals surface area contributed by atoms with E-state index in [1.807, 2.05) is 0 Å². The topological polar surface area (TPSA) is 89.5 Å². The Hall–Kier alpha value is -0.190. The summed E-state index contributed by atoms with van der Waals surface area (Å²) in [7, 11) is -0.486. The first-order valence-corrected chi connectivity index (χ1v) is 10.5. The normalized spacial score (nSPS) is 14.3. The van der Waals surface area contributed by atoms with E-state index in [0.717, 1.165) is 11.3 Å². The zero-order chi connectivity index (χ0) is 15.4. The molecule has 1 aromatic rings. The number of sulfonamides is 1. The summed E-state index contributed by atoms with van der Waals surface area (Å²) in [4.78, 5) is 0.583. The highest BCUT2D eigenvalue weighted by Gasteiger charge is 2.19. The van der Waals surface area contributed by atoms with Crippen LogP contribution in [0.1, 0.15) is 24.3 Å². The Morgan fingerprint density at radius 1 is 1.35 bits per heavy atom. The van der Waals surface area contributed by atoms with Crippen LogP contribution in [0.5, 0.6) is 0 Å². The van der Waals surface area contributed by atoms with Crippen LogP contribution in [-0.4, -0.2) is 36.3 Å². The minimum Gasteiger partial charge on any atom is -0.385 e. The van der Waals surface area contributed by atoms with E-state index in [4.69, 9.17) is 15.4 Å². The quantitative estimate of drug-likeness (QED) is 0.562. The fraction of sp³-hybridized carbons (Fsp3) is 0.600. The molecule has 0 fully saturated rings. The van der Waals surface area contributed by atoms with E-state index in [1.54, 1.807) is 13.0 Å². The van der Waals surface area contributed by atoms with Crippen LogP contribution in [0.3, 0.4) is 0 Å². The predicted molar refractivity (Wildman–Crippen MR) is 79.2 cm³/mol. The maximum absolute atomic E-state index is 11.8. The first-order valence-electron chi connectivity index (χ1n) is 5.69. The Kier molecular flexibility index (Phi) is 6.42. The molecule has 1 N–H and O–H groups in total. The first kappa shape index (κ1) is 17.9. The second kappa shape index (κ2) is 7.19. The molecule has 10 heteroatoms. The van der Waals surface area contributed by atoms with Crippen molar-refractivity contribution in [2.24, 2.45) is 0 Å². The molecule has 0 aliphatic carbocycles. The van der Waals surface area contributed by atoms with E-state index < -0.39 is 25.1 Å². The lowest BCUT2D eigenvalue weighted by Crippen LogP contribution is -2.29. The Bertz CT molecular complexity index is 638. The smallest absolute Gasteiger partial charge is 0.270 e. The fourth-order valence-corrected chi connectivity index (χ4v) is 4.93. The molecule has 1 atom stereocenters. The van der Waals surface area contributed by atoms with Crippen molar-refractivity contribution in [2.45, 2.75) is 23.6 Å². The lowest BCUT2D eigenvalue weighted by Gasteiger charge is -2.12. The second-order valence-corrected chi connectivity index (χ2v) is 9.88. The standard InChI is InChI=1S/C10H16ClNO5S3/c1-8(12-19(13,14)7-3-6-17-2)9-4-5-10(18-9)20(11,15)16/h4-5,8,12H,3,6-7H2,1-2H3. The van der Waals surface area contributed by atoms with E-state index in [-0.39, 0.29) is 9.96 Å². The highest BCUT2D eigenvalue weighted by Crippen LogP contribution is 2.29. The van der Waals surface area contributed by atoms with Crippen LogP contribution in [0.15, 0.2) is 16.3 Å². The zero-order valence-electron chi connectivity index (χ0n) is 11.0. The molecular formula is C10H16ClNO5S3. The largest absolute Gasteiger partial charge is 0.385 e. The van der Waals surface area contributed by atoms with Crippen molar-refractivity contribution in [1.29, 1.82) is 0 Å². The van der Waals surface area contributed by atoms with E-state index in [2.05, 4.69) is 4.72 Å². The summed E-state index contributed by atoms with van der Waals surface area (Å²) in [5.74, 6) is -0.0444. The highest BCUT2D eigenvalue weighted by molar-refractivity contribution is 8.15. The molecule has 116 valence electrons. The average Bonchev–Trinajstić information content (AvgIpc) is 2.77. The third kappa shape index (κ3) is 5.66. The molecule has 0 aliphatic rings. The Morgan fingerprint density at radius 2 is 2.00 bits per heavy atom. The Labute approximate surface area is 127 Å². The van der Waals surface area contributed by atoms with E-state index in [9.17, 15) is 16.8 Å². The number of thiophene rings is 1. The summed E-state index contributed by atoms with van der Waals surface area (Å²) < 4.78 is 53.2. The van der Waals surface area contributed by atoms with E-state index >= 15 is 0 Å². The number of methoxy groups -OCH3 is 1. The van der Waals surface area contributed by atoms with Crippen LogP contribution >= 0.6 is 22.0 Å². The number of nitrogens with one attached hydrogen (secondary N) is 1. The van der Waals surface area contributed by atoms with Crippen LogP contribution < -0.4 is 4.72 Å². The molecule has 1 rings (SSSR count). The van der Waals surface area contributed by atoms with Gasteiger partial charge in [0.1, 0.15) is 4.21 Å². The molecule has 0 saturated carbocycles. The number of hydrogen-bond donors (Lipinski definition) is 1. The van der Waals surface area contributed by atoms with Gasteiger partial charge in [-0.15, -0.1) is 11.3 Å². The summed E-state index contributed by atoms with van der Waals surface area (Å²) in [6.45, 7) is 2.01. The van der Waals surface area contributed by atoms with Crippen molar-refractivity contribution in [3.8, 4) is 0 Å². The van der Waals surface area contributed by atoms with Gasteiger partial charge >= 0.3 is 0 Å². The molecule has 6 nitrogen and oxygen atoms in total. The van der Waals surface area contributed by atoms with Crippen molar-refractivity contribution in [2.75, 3.05) is 19.5 Å². The lowest BCUT2D eigenvalue weighted by molar-refractivity contribution is 0.199. The van der Waals surface area contributed by atoms with Crippen molar-refractivity contribution in [1.82, 2.24) is 4.72 Å². The van der Waals surface area contributed by atoms with Gasteiger partial charge in [-0.1, -0.05) is 0 Å². The molecule has 1 heterocycles. The molecule has 0 aromatic carbocycles. The van der Waals surface area contributed by atoms with Crippen LogP contribution in [0.25, 0.3) is 0 Å². The first-order chi connectivity index (χ1) is 9.15. The Morgan fingerprint density at radius 3 is 2.50 bits per heavy atom. The molecule has 20 heavy (non-hydrogen) atoms. The van der Waals surface area contributed by atoms with E-state index in [0.29, 0.717) is 17.9 Å². The maximum Gasteiger partial charge on any atom is 0.270 e. The minimum absolute atomic E-state index is 0.000373. The molecule has 0 spiro atoms. The maximum atomic E-state index is 11.8. The van der Waals surface area contributed by atoms with Gasteiger partial charge in [-0.2, -0.15) is 0 Å². The van der Waals surface area contributed by atoms with Gasteiger partial charge in [0.25, 0.3) is 9.05 Å². The van der Waals surface area contributed by atoms with Crippen molar-refractivity contribution in [3.05, 3.63) is 17.0 Å². The average molecular weight is 362 g/mol. The van der Waals surface area contributed by atoms with Crippen LogP contribution in [-0.2, 0) is 23.8 Å². The summed E-state index contributed by atoms with van der Waals surface area (Å²) in [5, 5.41) is 0. The van der Waals surface area contributed by atoms with Gasteiger partial charge in [0.2, 0.25) is 10.0 Å². The van der Waals surface area contributed by atoms with Crippen LogP contribution in [0, 0.1) is 0 Å². The molecule has 1 aromatic heterocycles. The molecular weight excluding hydrogens is 346 g/mol. The van der Waals surface area contributed by atoms with Gasteiger partial charge in [0, 0.05) is 29.3 Å². The number of ether oxygens (including phenoxy) is 1. The van der Waals surface area contributed by atoms with Crippen molar-refractivity contribution >= 4 is 41.1 Å². The highest BCUT2D eigenvalue weighted by atomic mass is 35.7. The third-order valence-corrected chi connectivity index (χ3v) is 7.29. The third-order valence-electron chi connectivity index (χ3n) is 2.39. The van der Waals surface area contributed by atoms with Gasteiger partial charge in [-0.3, -0.25) is 0 Å². The molecule has 0 amide bonds. The van der Waals surface area contributed by atoms with Gasteiger partial charge in [-0.05, 0) is 25.5 Å². The molecule has 0 bridgehead atoms. The van der Waals surface area contributed by atoms with E-state index in [1.165, 1.54) is 13.2 Å². The van der Waals surface area contributed by atoms with Gasteiger partial charge in [-0.25, -0.2) is 21.6 Å². The molecule has 1 unspecified atom stereocenters. The molecule has 0 aliphatic heterocycles. The summed E-state index contributed by atoms with van der Waals surface area (Å²) in [5.41, 5.74) is 0. The number of halogens is 1. The zero-order valence-corrected chi connectivity index (χ0v) is 14.2. The van der Waals surface area contributed by atoms with Crippen LogP contribution in [0.2, 0.25) is 0 Å². The predicted octanol–water partition coefficient (Wildman–Crippen LogP) is 1.69. The van der Waals surface area contributed by atoms with Crippen LogP contribution in [0.4, 0.5) is 0 Å². The monoisotopic (exact) mass is 361 g/mol. The summed E-state index contributed by atoms with van der Waals surface area (Å²) in [6, 6.07) is 2.39. The van der Waals surface area contributed by atoms with Gasteiger partial charge in [0.05, 0.1) is 11.8 Å². The Balaban J connectivity index is 2.71. The molecule has 0 radical (unpaired) electrons. The SMILES string of the molecule is COCCCS(=O)(=O)NC(C)c1ccc(S(=O)(=O)Cl)s1. The summed E-state index contributed by atoms with van der Waals surface area (Å²) >= 11 is 0.945. The minimum atomic E-state index is -3.78. The van der Waals surface area contributed by atoms with Crippen molar-refractivity contribution < 1.29 is 21.6 Å². The number of rotatable bonds is 8. The lowest BCUT2D eigenvalue weighted by atomic mass is 10.3. The van der Waals surface area contributed by atoms with Gasteiger partial charge < -0.3 is 4.74 Å². The van der Waals surface area contributed by atoms with Crippen molar-refractivity contribution in [3.63, 3.8) is 0 Å².